The van der Waals surface area contributed by atoms with Crippen molar-refractivity contribution in [2.24, 2.45) is 23.7 Å². The molecule has 2 aliphatic carbocycles. The second-order valence-corrected chi connectivity index (χ2v) is 7.01. The van der Waals surface area contributed by atoms with E-state index in [0.29, 0.717) is 24.5 Å². The molecule has 0 aromatic heterocycles. The summed E-state index contributed by atoms with van der Waals surface area (Å²) in [6.07, 6.45) is 7.07. The molecule has 4 atom stereocenters. The van der Waals surface area contributed by atoms with Gasteiger partial charge in [-0.25, -0.2) is 0 Å². The SMILES string of the molecule is CC(C)CC1NCC(=O)N1CC1CC2CCC1C2. The van der Waals surface area contributed by atoms with Crippen LogP contribution in [-0.2, 0) is 4.79 Å². The van der Waals surface area contributed by atoms with Gasteiger partial charge < -0.3 is 4.90 Å². The zero-order valence-corrected chi connectivity index (χ0v) is 11.7. The average molecular weight is 250 g/mol. The smallest absolute Gasteiger partial charge is 0.237 e. The second kappa shape index (κ2) is 4.84. The van der Waals surface area contributed by atoms with Gasteiger partial charge in [0.2, 0.25) is 5.91 Å². The van der Waals surface area contributed by atoms with E-state index in [1.807, 2.05) is 0 Å². The molecule has 102 valence electrons. The van der Waals surface area contributed by atoms with E-state index in [4.69, 9.17) is 0 Å². The maximum Gasteiger partial charge on any atom is 0.237 e. The molecule has 3 heteroatoms. The van der Waals surface area contributed by atoms with Crippen molar-refractivity contribution in [2.75, 3.05) is 13.1 Å². The molecule has 1 saturated heterocycles. The van der Waals surface area contributed by atoms with Crippen LogP contribution in [-0.4, -0.2) is 30.1 Å². The lowest BCUT2D eigenvalue weighted by Gasteiger charge is -2.31. The fraction of sp³-hybridized carbons (Fsp3) is 0.933. The standard InChI is InChI=1S/C15H26N2O/c1-10(2)5-14-16-8-15(18)17(14)9-13-7-11-3-4-12(13)6-11/h10-14,16H,3-9H2,1-2H3. The van der Waals surface area contributed by atoms with Crippen LogP contribution in [0.3, 0.4) is 0 Å². The molecule has 4 unspecified atom stereocenters. The average Bonchev–Trinajstić information content (AvgIpc) is 2.99. The zero-order chi connectivity index (χ0) is 12.7. The third-order valence-electron chi connectivity index (χ3n) is 5.20. The van der Waals surface area contributed by atoms with E-state index >= 15 is 0 Å². The number of hydrogen-bond donors (Lipinski definition) is 1. The van der Waals surface area contributed by atoms with E-state index in [2.05, 4.69) is 24.1 Å². The van der Waals surface area contributed by atoms with Crippen molar-refractivity contribution in [1.82, 2.24) is 10.2 Å². The molecular formula is C15H26N2O. The number of hydrogen-bond acceptors (Lipinski definition) is 2. The zero-order valence-electron chi connectivity index (χ0n) is 11.7. The summed E-state index contributed by atoms with van der Waals surface area (Å²) in [6, 6.07) is 0. The van der Waals surface area contributed by atoms with Crippen LogP contribution in [0.5, 0.6) is 0 Å². The van der Waals surface area contributed by atoms with Gasteiger partial charge in [0.15, 0.2) is 0 Å². The van der Waals surface area contributed by atoms with Crippen molar-refractivity contribution in [3.8, 4) is 0 Å². The fourth-order valence-electron chi connectivity index (χ4n) is 4.33. The molecular weight excluding hydrogens is 224 g/mol. The predicted molar refractivity (Wildman–Crippen MR) is 71.9 cm³/mol. The highest BCUT2D eigenvalue weighted by Gasteiger charge is 2.42. The lowest BCUT2D eigenvalue weighted by molar-refractivity contribution is -0.129. The number of carbonyl (C=O) groups excluding carboxylic acids is 1. The van der Waals surface area contributed by atoms with Crippen molar-refractivity contribution < 1.29 is 4.79 Å². The Morgan fingerprint density at radius 1 is 1.33 bits per heavy atom. The van der Waals surface area contributed by atoms with Crippen molar-refractivity contribution in [1.29, 1.82) is 0 Å². The summed E-state index contributed by atoms with van der Waals surface area (Å²) in [4.78, 5) is 14.2. The molecule has 0 radical (unpaired) electrons. The van der Waals surface area contributed by atoms with Gasteiger partial charge >= 0.3 is 0 Å². The Bertz CT molecular complexity index is 328. The Labute approximate surface area is 110 Å². The number of carbonyl (C=O) groups is 1. The van der Waals surface area contributed by atoms with Crippen molar-refractivity contribution in [2.45, 2.75) is 52.1 Å². The van der Waals surface area contributed by atoms with Gasteiger partial charge in [-0.2, -0.15) is 0 Å². The minimum Gasteiger partial charge on any atom is -0.326 e. The molecule has 3 rings (SSSR count). The number of nitrogens with zero attached hydrogens (tertiary/aromatic N) is 1. The van der Waals surface area contributed by atoms with Crippen LogP contribution in [0.2, 0.25) is 0 Å². The summed E-state index contributed by atoms with van der Waals surface area (Å²) in [5, 5.41) is 3.38. The number of nitrogens with one attached hydrogen (secondary N) is 1. The van der Waals surface area contributed by atoms with Crippen LogP contribution in [0.25, 0.3) is 0 Å². The van der Waals surface area contributed by atoms with Gasteiger partial charge in [-0.15, -0.1) is 0 Å². The summed E-state index contributed by atoms with van der Waals surface area (Å²) in [7, 11) is 0. The van der Waals surface area contributed by atoms with E-state index in [9.17, 15) is 4.79 Å². The van der Waals surface area contributed by atoms with E-state index in [1.165, 1.54) is 25.7 Å². The van der Waals surface area contributed by atoms with Gasteiger partial charge in [0.25, 0.3) is 0 Å². The predicted octanol–water partition coefficient (Wildman–Crippen LogP) is 2.23. The van der Waals surface area contributed by atoms with E-state index in [0.717, 1.165) is 30.7 Å². The maximum atomic E-state index is 12.0. The van der Waals surface area contributed by atoms with Crippen LogP contribution in [0.4, 0.5) is 0 Å². The first-order valence-electron chi connectivity index (χ1n) is 7.66. The Kier molecular flexibility index (Phi) is 3.35. The van der Waals surface area contributed by atoms with Crippen molar-refractivity contribution >= 4 is 5.91 Å². The maximum absolute atomic E-state index is 12.0. The Morgan fingerprint density at radius 3 is 2.78 bits per heavy atom. The molecule has 1 heterocycles. The number of amides is 1. The molecule has 0 aromatic carbocycles. The fourth-order valence-corrected chi connectivity index (χ4v) is 4.33. The summed E-state index contributed by atoms with van der Waals surface area (Å²) in [5.74, 6) is 3.67. The molecule has 3 fully saturated rings. The molecule has 2 bridgehead atoms. The third kappa shape index (κ3) is 2.29. The highest BCUT2D eigenvalue weighted by molar-refractivity contribution is 5.80. The second-order valence-electron chi connectivity index (χ2n) is 7.01. The van der Waals surface area contributed by atoms with Gasteiger partial charge in [0, 0.05) is 6.54 Å². The van der Waals surface area contributed by atoms with Gasteiger partial charge in [-0.3, -0.25) is 10.1 Å². The molecule has 1 amide bonds. The van der Waals surface area contributed by atoms with E-state index in [1.54, 1.807) is 0 Å². The summed E-state index contributed by atoms with van der Waals surface area (Å²) in [5.41, 5.74) is 0. The summed E-state index contributed by atoms with van der Waals surface area (Å²) < 4.78 is 0. The third-order valence-corrected chi connectivity index (χ3v) is 5.20. The highest BCUT2D eigenvalue weighted by Crippen LogP contribution is 2.48. The first kappa shape index (κ1) is 12.5. The number of rotatable bonds is 4. The Morgan fingerprint density at radius 2 is 2.17 bits per heavy atom. The lowest BCUT2D eigenvalue weighted by Crippen LogP contribution is -2.42. The van der Waals surface area contributed by atoms with Gasteiger partial charge in [-0.05, 0) is 49.4 Å². The monoisotopic (exact) mass is 250 g/mol. The minimum atomic E-state index is 0.302. The quantitative estimate of drug-likeness (QED) is 0.830. The molecule has 2 saturated carbocycles. The normalized spacial score (nSPS) is 39.3. The van der Waals surface area contributed by atoms with Crippen LogP contribution in [0.15, 0.2) is 0 Å². The summed E-state index contributed by atoms with van der Waals surface area (Å²) in [6.45, 7) is 6.04. The van der Waals surface area contributed by atoms with Crippen LogP contribution < -0.4 is 5.32 Å². The highest BCUT2D eigenvalue weighted by atomic mass is 16.2. The molecule has 18 heavy (non-hydrogen) atoms. The lowest BCUT2D eigenvalue weighted by atomic mass is 9.88. The molecule has 0 aromatic rings. The molecule has 0 spiro atoms. The van der Waals surface area contributed by atoms with Crippen LogP contribution >= 0.6 is 0 Å². The minimum absolute atomic E-state index is 0.302. The molecule has 3 nitrogen and oxygen atoms in total. The van der Waals surface area contributed by atoms with E-state index in [-0.39, 0.29) is 0 Å². The van der Waals surface area contributed by atoms with Crippen LogP contribution in [0.1, 0.15) is 46.0 Å². The van der Waals surface area contributed by atoms with Gasteiger partial charge in [0.1, 0.15) is 0 Å². The van der Waals surface area contributed by atoms with E-state index < -0.39 is 0 Å². The van der Waals surface area contributed by atoms with Gasteiger partial charge in [0.05, 0.1) is 12.7 Å². The van der Waals surface area contributed by atoms with Crippen LogP contribution in [0, 0.1) is 23.7 Å². The van der Waals surface area contributed by atoms with Crippen molar-refractivity contribution in [3.05, 3.63) is 0 Å². The van der Waals surface area contributed by atoms with Crippen molar-refractivity contribution in [3.63, 3.8) is 0 Å². The molecule has 3 aliphatic rings. The number of fused-ring (bicyclic) bond motifs is 2. The largest absolute Gasteiger partial charge is 0.326 e. The molecule has 1 aliphatic heterocycles. The Hall–Kier alpha value is -0.570. The molecule has 1 N–H and O–H groups in total. The Balaban J connectivity index is 1.61. The van der Waals surface area contributed by atoms with Gasteiger partial charge in [-0.1, -0.05) is 20.3 Å². The first-order valence-corrected chi connectivity index (χ1v) is 7.66. The topological polar surface area (TPSA) is 32.3 Å². The first-order chi connectivity index (χ1) is 8.63. The summed E-state index contributed by atoms with van der Waals surface area (Å²) >= 11 is 0.